The van der Waals surface area contributed by atoms with E-state index in [9.17, 15) is 18.8 Å². The van der Waals surface area contributed by atoms with Crippen molar-refractivity contribution in [3.05, 3.63) is 125 Å². The number of benzene rings is 4. The van der Waals surface area contributed by atoms with Gasteiger partial charge in [-0.1, -0.05) is 78.9 Å². The second-order valence-electron chi connectivity index (χ2n) is 9.50. The summed E-state index contributed by atoms with van der Waals surface area (Å²) in [5.41, 5.74) is 5.04. The third-order valence-corrected chi connectivity index (χ3v) is 6.89. The van der Waals surface area contributed by atoms with E-state index in [1.54, 1.807) is 24.3 Å². The average molecular weight is 539 g/mol. The first-order chi connectivity index (χ1) is 19.4. The normalized spacial score (nSPS) is 11.8. The zero-order valence-electron chi connectivity index (χ0n) is 21.5. The topological polar surface area (TPSA) is 95.9 Å². The fraction of sp³-hybridized carbons (Fsp3) is 0.156. The molecule has 4 aromatic rings. The van der Waals surface area contributed by atoms with Crippen LogP contribution in [0.5, 0.6) is 0 Å². The summed E-state index contributed by atoms with van der Waals surface area (Å²) in [7, 11) is 0. The molecule has 1 aliphatic rings. The molecule has 0 saturated heterocycles. The Morgan fingerprint density at radius 3 is 2.12 bits per heavy atom. The van der Waals surface area contributed by atoms with Crippen LogP contribution in [0, 0.1) is 5.82 Å². The van der Waals surface area contributed by atoms with Crippen LogP contribution in [0.2, 0.25) is 0 Å². The van der Waals surface area contributed by atoms with Gasteiger partial charge in [0.15, 0.2) is 0 Å². The Hall–Kier alpha value is -4.98. The molecule has 0 aromatic heterocycles. The molecule has 2 N–H and O–H groups in total. The molecule has 2 amide bonds. The van der Waals surface area contributed by atoms with Crippen LogP contribution in [0.1, 0.15) is 39.4 Å². The van der Waals surface area contributed by atoms with Gasteiger partial charge in [-0.15, -0.1) is 0 Å². The van der Waals surface area contributed by atoms with E-state index in [0.717, 1.165) is 33.9 Å². The van der Waals surface area contributed by atoms with Gasteiger partial charge in [0, 0.05) is 24.7 Å². The largest absolute Gasteiger partial charge is 0.481 e. The zero-order valence-corrected chi connectivity index (χ0v) is 21.5. The molecule has 7 nitrogen and oxygen atoms in total. The molecule has 0 atom stereocenters. The molecule has 4 aromatic carbocycles. The quantitative estimate of drug-likeness (QED) is 0.261. The number of nitrogens with zero attached hydrogens (tertiary/aromatic N) is 1. The Labute approximate surface area is 230 Å². The number of fused-ring (bicyclic) bond motifs is 3. The third-order valence-electron chi connectivity index (χ3n) is 6.89. The van der Waals surface area contributed by atoms with Gasteiger partial charge in [0.25, 0.3) is 5.91 Å². The maximum Gasteiger partial charge on any atom is 0.411 e. The van der Waals surface area contributed by atoms with Crippen molar-refractivity contribution < 1.29 is 28.6 Å². The summed E-state index contributed by atoms with van der Waals surface area (Å²) in [6.45, 7) is 0.107. The van der Waals surface area contributed by atoms with Crippen molar-refractivity contribution in [1.29, 1.82) is 0 Å². The first-order valence-electron chi connectivity index (χ1n) is 12.9. The molecule has 0 unspecified atom stereocenters. The number of carbonyl (C=O) groups excluding carboxylic acids is 2. The molecule has 5 rings (SSSR count). The summed E-state index contributed by atoms with van der Waals surface area (Å²) in [6, 6.07) is 28.7. The maximum absolute atomic E-state index is 14.8. The first kappa shape index (κ1) is 26.6. The fourth-order valence-electron chi connectivity index (χ4n) is 4.98. The predicted octanol–water partition coefficient (Wildman–Crippen LogP) is 6.30. The summed E-state index contributed by atoms with van der Waals surface area (Å²) in [6.07, 6.45) is -1.03. The Bertz CT molecular complexity index is 1510. The molecule has 8 heteroatoms. The summed E-state index contributed by atoms with van der Waals surface area (Å²) >= 11 is 0. The summed E-state index contributed by atoms with van der Waals surface area (Å²) in [5.74, 6) is -2.66. The number of hydrogen-bond donors (Lipinski definition) is 2. The molecule has 0 aliphatic heterocycles. The molecule has 0 heterocycles. The van der Waals surface area contributed by atoms with Crippen molar-refractivity contribution in [2.24, 2.45) is 0 Å². The summed E-state index contributed by atoms with van der Waals surface area (Å²) < 4.78 is 20.3. The van der Waals surface area contributed by atoms with Crippen LogP contribution in [0.25, 0.3) is 11.1 Å². The van der Waals surface area contributed by atoms with E-state index < -0.39 is 23.8 Å². The minimum Gasteiger partial charge on any atom is -0.481 e. The van der Waals surface area contributed by atoms with E-state index in [2.05, 4.69) is 5.32 Å². The van der Waals surface area contributed by atoms with Crippen LogP contribution in [-0.4, -0.2) is 41.1 Å². The smallest absolute Gasteiger partial charge is 0.411 e. The van der Waals surface area contributed by atoms with Crippen molar-refractivity contribution in [1.82, 2.24) is 4.90 Å². The number of rotatable bonds is 9. The fourth-order valence-corrected chi connectivity index (χ4v) is 4.98. The van der Waals surface area contributed by atoms with Crippen LogP contribution >= 0.6 is 0 Å². The van der Waals surface area contributed by atoms with Gasteiger partial charge in [-0.2, -0.15) is 0 Å². The molecule has 0 radical (unpaired) electrons. The standard InChI is InChI=1S/C32H27FN2O5/c33-29-15-14-22(18-27(29)31(38)35(17-16-30(36)37)19-21-8-2-1-3-9-21)34-32(39)40-20-28-25-12-6-4-10-23(25)24-11-5-7-13-26(24)28/h1-15,18,28H,16-17,19-20H2,(H,34,39)(H,36,37). The van der Waals surface area contributed by atoms with Gasteiger partial charge < -0.3 is 14.7 Å². The lowest BCUT2D eigenvalue weighted by atomic mass is 9.98. The van der Waals surface area contributed by atoms with Crippen LogP contribution in [0.15, 0.2) is 97.1 Å². The Balaban J connectivity index is 1.28. The number of nitrogens with one attached hydrogen (secondary N) is 1. The number of amides is 2. The lowest BCUT2D eigenvalue weighted by molar-refractivity contribution is -0.137. The Morgan fingerprint density at radius 2 is 1.48 bits per heavy atom. The number of ether oxygens (including phenoxy) is 1. The van der Waals surface area contributed by atoms with E-state index in [1.165, 1.54) is 17.0 Å². The van der Waals surface area contributed by atoms with Crippen molar-refractivity contribution in [3.8, 4) is 11.1 Å². The molecule has 0 saturated carbocycles. The van der Waals surface area contributed by atoms with Crippen LogP contribution < -0.4 is 5.32 Å². The molecule has 1 aliphatic carbocycles. The molecule has 0 spiro atoms. The minimum absolute atomic E-state index is 0.104. The van der Waals surface area contributed by atoms with E-state index in [-0.39, 0.29) is 43.3 Å². The van der Waals surface area contributed by atoms with E-state index in [1.807, 2.05) is 54.6 Å². The van der Waals surface area contributed by atoms with Gasteiger partial charge in [0.05, 0.1) is 12.0 Å². The highest BCUT2D eigenvalue weighted by Crippen LogP contribution is 2.44. The molecule has 202 valence electrons. The summed E-state index contributed by atoms with van der Waals surface area (Å²) in [4.78, 5) is 38.5. The highest BCUT2D eigenvalue weighted by Gasteiger charge is 2.29. The monoisotopic (exact) mass is 538 g/mol. The average Bonchev–Trinajstić information content (AvgIpc) is 3.29. The third kappa shape index (κ3) is 5.86. The van der Waals surface area contributed by atoms with E-state index >= 15 is 0 Å². The van der Waals surface area contributed by atoms with E-state index in [0.29, 0.717) is 0 Å². The predicted molar refractivity (Wildman–Crippen MR) is 149 cm³/mol. The number of hydrogen-bond acceptors (Lipinski definition) is 4. The van der Waals surface area contributed by atoms with Gasteiger partial charge >= 0.3 is 12.1 Å². The van der Waals surface area contributed by atoms with Crippen molar-refractivity contribution in [2.45, 2.75) is 18.9 Å². The SMILES string of the molecule is O=C(O)CCN(Cc1ccccc1)C(=O)c1cc(NC(=O)OCC2c3ccccc3-c3ccccc32)ccc1F. The Morgan fingerprint density at radius 1 is 0.850 bits per heavy atom. The number of carboxylic acids is 1. The molecule has 0 fully saturated rings. The molecule has 40 heavy (non-hydrogen) atoms. The highest BCUT2D eigenvalue weighted by atomic mass is 19.1. The van der Waals surface area contributed by atoms with Gasteiger partial charge in [-0.25, -0.2) is 9.18 Å². The van der Waals surface area contributed by atoms with Crippen molar-refractivity contribution >= 4 is 23.7 Å². The van der Waals surface area contributed by atoms with Crippen LogP contribution in [-0.2, 0) is 16.1 Å². The zero-order chi connectivity index (χ0) is 28.1. The Kier molecular flexibility index (Phi) is 7.87. The number of anilines is 1. The van der Waals surface area contributed by atoms with Gasteiger partial charge in [-0.05, 0) is 46.0 Å². The first-order valence-corrected chi connectivity index (χ1v) is 12.9. The van der Waals surface area contributed by atoms with Crippen molar-refractivity contribution in [2.75, 3.05) is 18.5 Å². The summed E-state index contributed by atoms with van der Waals surface area (Å²) in [5, 5.41) is 11.7. The number of carbonyl (C=O) groups is 3. The van der Waals surface area contributed by atoms with Crippen LogP contribution in [0.4, 0.5) is 14.9 Å². The minimum atomic E-state index is -1.07. The second-order valence-corrected chi connectivity index (χ2v) is 9.50. The number of aliphatic carboxylic acids is 1. The van der Waals surface area contributed by atoms with E-state index in [4.69, 9.17) is 9.84 Å². The van der Waals surface area contributed by atoms with Crippen LogP contribution in [0.3, 0.4) is 0 Å². The lowest BCUT2D eigenvalue weighted by Gasteiger charge is -2.23. The number of carboxylic acid groups (broad SMARTS) is 1. The maximum atomic E-state index is 14.8. The van der Waals surface area contributed by atoms with Gasteiger partial charge in [0.1, 0.15) is 12.4 Å². The second kappa shape index (κ2) is 11.8. The lowest BCUT2D eigenvalue weighted by Crippen LogP contribution is -2.33. The highest BCUT2D eigenvalue weighted by molar-refractivity contribution is 5.96. The molecular formula is C32H27FN2O5. The molecular weight excluding hydrogens is 511 g/mol. The van der Waals surface area contributed by atoms with Gasteiger partial charge in [0.2, 0.25) is 0 Å². The van der Waals surface area contributed by atoms with Gasteiger partial charge in [-0.3, -0.25) is 14.9 Å². The van der Waals surface area contributed by atoms with Crippen molar-refractivity contribution in [3.63, 3.8) is 0 Å². The molecule has 0 bridgehead atoms. The number of halogens is 1.